The van der Waals surface area contributed by atoms with Crippen molar-refractivity contribution in [1.82, 2.24) is 74.8 Å². The van der Waals surface area contributed by atoms with E-state index in [0.717, 1.165) is 0 Å². The fraction of sp³-hybridized carbons (Fsp3) is 0.444. The van der Waals surface area contributed by atoms with E-state index in [4.69, 9.17) is 24.9 Å². The molecule has 314 valence electrons. The number of rotatable bonds is 0. The van der Waals surface area contributed by atoms with Crippen LogP contribution in [0.4, 0.5) is 0 Å². The van der Waals surface area contributed by atoms with E-state index in [1.165, 1.54) is 0 Å². The van der Waals surface area contributed by atoms with E-state index in [-0.39, 0.29) is 48.2 Å². The molecule has 7 aromatic rings. The van der Waals surface area contributed by atoms with Crippen molar-refractivity contribution in [3.8, 4) is 46.1 Å². The van der Waals surface area contributed by atoms with Crippen LogP contribution in [-0.2, 0) is 19.5 Å². The molecule has 7 aromatic heterocycles. The Kier molecular flexibility index (Phi) is 14.9. The normalized spacial score (nSPS) is 11.8. The van der Waals surface area contributed by atoms with E-state index < -0.39 is 0 Å². The SMILES string of the molecule is CC(C)(C)C.CC(C)(C)C.CC(C)(C)C.CC(C)(C)C.[Zn+2].c1cnc2c3nc4nc(nc5[n-]c(nc6nc(nc([n-]3)c2c1)-c1nccnc1-6)c1nccnc51)-c1nccnc1-4. The summed E-state index contributed by atoms with van der Waals surface area (Å²) in [5, 5.41) is 0.680. The Hall–Kier alpha value is -5.63. The largest absolute Gasteiger partial charge is 2.00 e. The van der Waals surface area contributed by atoms with Crippen molar-refractivity contribution in [2.45, 2.75) is 111 Å². The van der Waals surface area contributed by atoms with Crippen LogP contribution in [0.1, 0.15) is 111 Å². The maximum absolute atomic E-state index is 4.75. The van der Waals surface area contributed by atoms with Gasteiger partial charge in [0.1, 0.15) is 57.1 Å². The van der Waals surface area contributed by atoms with Crippen molar-refractivity contribution in [3.05, 3.63) is 55.5 Å². The van der Waals surface area contributed by atoms with Gasteiger partial charge in [-0.25, -0.2) is 9.97 Å². The Bertz CT molecular complexity index is 2370. The molecule has 0 atom stereocenters. The maximum atomic E-state index is 4.75. The molecule has 0 aliphatic carbocycles. The summed E-state index contributed by atoms with van der Waals surface area (Å²) in [6.45, 7) is 35.0. The summed E-state index contributed by atoms with van der Waals surface area (Å²) in [6, 6.07) is 3.66. The summed E-state index contributed by atoms with van der Waals surface area (Å²) in [7, 11) is 0. The Balaban J connectivity index is 0.000000329. The summed E-state index contributed by atoms with van der Waals surface area (Å²) >= 11 is 0. The quantitative estimate of drug-likeness (QED) is 0.130. The van der Waals surface area contributed by atoms with Gasteiger partial charge in [0.25, 0.3) is 0 Å². The van der Waals surface area contributed by atoms with Crippen molar-refractivity contribution in [2.75, 3.05) is 0 Å². The summed E-state index contributed by atoms with van der Waals surface area (Å²) in [5.41, 5.74) is 6.43. The molecule has 0 unspecified atom stereocenters. The van der Waals surface area contributed by atoms with E-state index in [2.05, 4.69) is 161 Å². The van der Waals surface area contributed by atoms with Crippen LogP contribution < -0.4 is 9.97 Å². The van der Waals surface area contributed by atoms with Gasteiger partial charge < -0.3 is 29.9 Å². The molecule has 0 amide bonds. The van der Waals surface area contributed by atoms with Crippen molar-refractivity contribution in [2.24, 2.45) is 21.7 Å². The zero-order valence-electron chi connectivity index (χ0n) is 38.6. The first kappa shape index (κ1) is 48.0. The molecule has 0 aromatic carbocycles. The van der Waals surface area contributed by atoms with E-state index >= 15 is 0 Å². The summed E-state index contributed by atoms with van der Waals surface area (Å²) < 4.78 is 0. The topological polar surface area (TPSA) is 196 Å². The first-order valence-corrected chi connectivity index (χ1v) is 19.9. The van der Waals surface area contributed by atoms with Gasteiger partial charge in [0, 0.05) is 71.4 Å². The Labute approximate surface area is 371 Å². The fourth-order valence-electron chi connectivity index (χ4n) is 4.62. The number of hydrogen-bond donors (Lipinski definition) is 0. The van der Waals surface area contributed by atoms with Gasteiger partial charge >= 0.3 is 19.5 Å². The van der Waals surface area contributed by atoms with Gasteiger partial charge in [-0.1, -0.05) is 117 Å². The third-order valence-electron chi connectivity index (χ3n) is 6.32. The maximum Gasteiger partial charge on any atom is 2.00 e. The average Bonchev–Trinajstić information content (AvgIpc) is 3.85. The molecule has 0 fully saturated rings. The molecule has 0 saturated carbocycles. The predicted molar refractivity (Wildman–Crippen MR) is 239 cm³/mol. The van der Waals surface area contributed by atoms with E-state index in [0.29, 0.717) is 83.5 Å². The molecule has 9 rings (SSSR count). The van der Waals surface area contributed by atoms with Crippen LogP contribution in [0, 0.1) is 21.7 Å². The van der Waals surface area contributed by atoms with Gasteiger partial charge in [-0.2, -0.15) is 0 Å². The van der Waals surface area contributed by atoms with Crippen LogP contribution in [0.3, 0.4) is 0 Å². The molecule has 2 aliphatic heterocycles. The fourth-order valence-corrected chi connectivity index (χ4v) is 4.62. The van der Waals surface area contributed by atoms with E-state index in [1.54, 1.807) is 49.4 Å². The van der Waals surface area contributed by atoms with Crippen LogP contribution >= 0.6 is 0 Å². The third-order valence-corrected chi connectivity index (χ3v) is 6.32. The molecule has 16 heteroatoms. The Morgan fingerprint density at radius 3 is 0.934 bits per heavy atom. The standard InChI is InChI=1S/C25H9N15.4C5H12.Zn/c1-2-10-11(26-3-1)19-33-18(10)34-20-12-13(28-5-4-27-12)22(36-20)38-24-16-17(32-9-8-31-16)25(40-24)39-23-15-14(21(35-19)37-23)29-6-7-30-15;4*1-5(2,3)4;/h1-9H;4*1-4H3;/q-2;;;;;+2. The van der Waals surface area contributed by atoms with Gasteiger partial charge in [0.05, 0.1) is 5.52 Å². The van der Waals surface area contributed by atoms with Crippen molar-refractivity contribution >= 4 is 44.5 Å². The zero-order chi connectivity index (χ0) is 44.2. The molecular formula is C45H57N15Zn. The third kappa shape index (κ3) is 14.2. The molecule has 15 nitrogen and oxygen atoms in total. The van der Waals surface area contributed by atoms with Crippen LogP contribution in [0.2, 0.25) is 0 Å². The van der Waals surface area contributed by atoms with E-state index in [1.807, 2.05) is 6.07 Å². The molecule has 0 N–H and O–H groups in total. The summed E-state index contributed by atoms with van der Waals surface area (Å²) in [4.78, 5) is 68.8. The Morgan fingerprint density at radius 2 is 0.590 bits per heavy atom. The smallest absolute Gasteiger partial charge is 0.356 e. The molecular weight excluding hydrogens is 816 g/mol. The minimum absolute atomic E-state index is 0. The van der Waals surface area contributed by atoms with Crippen LogP contribution in [-0.4, -0.2) is 64.8 Å². The first-order valence-electron chi connectivity index (χ1n) is 19.9. The second-order valence-electron chi connectivity index (χ2n) is 20.6. The zero-order valence-corrected chi connectivity index (χ0v) is 41.6. The monoisotopic (exact) mass is 871 g/mol. The second-order valence-corrected chi connectivity index (χ2v) is 20.6. The number of fused-ring (bicyclic) bond motifs is 20. The van der Waals surface area contributed by atoms with Gasteiger partial charge in [-0.05, 0) is 27.7 Å². The molecule has 0 saturated heterocycles. The minimum Gasteiger partial charge on any atom is -0.356 e. The summed E-state index contributed by atoms with van der Waals surface area (Å²) in [6.07, 6.45) is 11.0. The summed E-state index contributed by atoms with van der Waals surface area (Å²) in [5.74, 6) is 1.11. The molecule has 9 heterocycles. The van der Waals surface area contributed by atoms with Crippen LogP contribution in [0.15, 0.2) is 55.5 Å². The second kappa shape index (κ2) is 19.0. The van der Waals surface area contributed by atoms with Gasteiger partial charge in [-0.15, -0.1) is 0 Å². The average molecular weight is 873 g/mol. The van der Waals surface area contributed by atoms with Crippen LogP contribution in [0.5, 0.6) is 0 Å². The van der Waals surface area contributed by atoms with Crippen molar-refractivity contribution < 1.29 is 19.5 Å². The van der Waals surface area contributed by atoms with Gasteiger partial charge in [0.2, 0.25) is 0 Å². The number of aromatic nitrogens is 15. The molecule has 2 aliphatic rings. The Morgan fingerprint density at radius 1 is 0.328 bits per heavy atom. The molecule has 0 radical (unpaired) electrons. The first-order chi connectivity index (χ1) is 27.8. The molecule has 61 heavy (non-hydrogen) atoms. The van der Waals surface area contributed by atoms with Crippen molar-refractivity contribution in [3.63, 3.8) is 0 Å². The van der Waals surface area contributed by atoms with Gasteiger partial charge in [0.15, 0.2) is 0 Å². The van der Waals surface area contributed by atoms with Crippen molar-refractivity contribution in [1.29, 1.82) is 0 Å². The number of pyridine rings is 1. The molecule has 8 bridgehead atoms. The number of nitrogens with zero attached hydrogens (tertiary/aromatic N) is 15. The minimum atomic E-state index is 0. The van der Waals surface area contributed by atoms with E-state index in [9.17, 15) is 0 Å². The molecule has 0 spiro atoms. The number of hydrogen-bond acceptors (Lipinski definition) is 13. The van der Waals surface area contributed by atoms with Gasteiger partial charge in [-0.3, -0.25) is 34.9 Å². The van der Waals surface area contributed by atoms with Crippen LogP contribution in [0.25, 0.3) is 90.6 Å². The predicted octanol–water partition coefficient (Wildman–Crippen LogP) is 10.1.